The molecule has 1 aliphatic heterocycles. The molecule has 1 saturated heterocycles. The van der Waals surface area contributed by atoms with Gasteiger partial charge in [0, 0.05) is 30.8 Å². The number of hydrogen-bond acceptors (Lipinski definition) is 4. The summed E-state index contributed by atoms with van der Waals surface area (Å²) in [7, 11) is -3.06. The van der Waals surface area contributed by atoms with Crippen LogP contribution in [0.2, 0.25) is 0 Å². The minimum Gasteiger partial charge on any atom is -0.335 e. The van der Waals surface area contributed by atoms with Crippen molar-refractivity contribution in [1.29, 1.82) is 0 Å². The Balaban J connectivity index is 2.22. The predicted molar refractivity (Wildman–Crippen MR) is 93.7 cm³/mol. The van der Waals surface area contributed by atoms with Crippen molar-refractivity contribution in [2.45, 2.75) is 39.2 Å². The first kappa shape index (κ1) is 18.4. The molecule has 132 valence electrons. The number of carbonyl (C=O) groups excluding carboxylic acids is 2. The van der Waals surface area contributed by atoms with E-state index in [0.717, 1.165) is 12.8 Å². The van der Waals surface area contributed by atoms with Crippen LogP contribution in [0.15, 0.2) is 24.3 Å². The molecule has 6 nitrogen and oxygen atoms in total. The van der Waals surface area contributed by atoms with Gasteiger partial charge in [-0.2, -0.15) is 0 Å². The highest BCUT2D eigenvalue weighted by molar-refractivity contribution is 7.91. The van der Waals surface area contributed by atoms with Gasteiger partial charge in [-0.25, -0.2) is 8.42 Å². The van der Waals surface area contributed by atoms with Gasteiger partial charge in [0.05, 0.1) is 11.5 Å². The molecule has 1 fully saturated rings. The number of amides is 2. The molecule has 1 aromatic rings. The van der Waals surface area contributed by atoms with E-state index in [9.17, 15) is 18.0 Å². The number of sulfone groups is 1. The Labute approximate surface area is 143 Å². The van der Waals surface area contributed by atoms with Gasteiger partial charge < -0.3 is 10.2 Å². The van der Waals surface area contributed by atoms with E-state index in [0.29, 0.717) is 24.2 Å². The molecule has 0 radical (unpaired) electrons. The maximum absolute atomic E-state index is 12.9. The lowest BCUT2D eigenvalue weighted by Crippen LogP contribution is -2.41. The van der Waals surface area contributed by atoms with Crippen LogP contribution >= 0.6 is 0 Å². The summed E-state index contributed by atoms with van der Waals surface area (Å²) in [5.74, 6) is -0.213. The smallest absolute Gasteiger partial charge is 0.254 e. The van der Waals surface area contributed by atoms with Crippen molar-refractivity contribution >= 4 is 27.3 Å². The minimum absolute atomic E-state index is 0.0356. The Kier molecular flexibility index (Phi) is 5.99. The molecule has 2 amide bonds. The van der Waals surface area contributed by atoms with Crippen molar-refractivity contribution in [3.63, 3.8) is 0 Å². The average Bonchev–Trinajstić information content (AvgIpc) is 2.87. The molecule has 1 unspecified atom stereocenters. The van der Waals surface area contributed by atoms with E-state index in [1.165, 1.54) is 6.92 Å². The summed E-state index contributed by atoms with van der Waals surface area (Å²) in [5, 5.41) is 2.66. The monoisotopic (exact) mass is 352 g/mol. The van der Waals surface area contributed by atoms with Gasteiger partial charge in [0.25, 0.3) is 5.91 Å². The van der Waals surface area contributed by atoms with E-state index < -0.39 is 9.84 Å². The third-order valence-corrected chi connectivity index (χ3v) is 5.84. The molecule has 1 aliphatic rings. The molecule has 0 aliphatic carbocycles. The Bertz CT molecular complexity index is 715. The minimum atomic E-state index is -3.06. The van der Waals surface area contributed by atoms with Gasteiger partial charge in [-0.15, -0.1) is 0 Å². The fraction of sp³-hybridized carbons (Fsp3) is 0.529. The molecule has 0 saturated carbocycles. The zero-order valence-electron chi connectivity index (χ0n) is 14.1. The summed E-state index contributed by atoms with van der Waals surface area (Å²) in [6.45, 7) is 3.98. The lowest BCUT2D eigenvalue weighted by atomic mass is 10.1. The van der Waals surface area contributed by atoms with E-state index in [-0.39, 0.29) is 29.4 Å². The molecule has 1 aromatic carbocycles. The third kappa shape index (κ3) is 4.80. The molecule has 0 spiro atoms. The van der Waals surface area contributed by atoms with Crippen LogP contribution in [0.4, 0.5) is 5.69 Å². The normalized spacial score (nSPS) is 19.0. The van der Waals surface area contributed by atoms with Crippen LogP contribution in [0.1, 0.15) is 43.5 Å². The maximum Gasteiger partial charge on any atom is 0.254 e. The highest BCUT2D eigenvalue weighted by Crippen LogP contribution is 2.22. The number of nitrogens with one attached hydrogen (secondary N) is 1. The van der Waals surface area contributed by atoms with Crippen LogP contribution in [-0.2, 0) is 14.6 Å². The van der Waals surface area contributed by atoms with Crippen molar-refractivity contribution in [2.75, 3.05) is 23.4 Å². The Morgan fingerprint density at radius 2 is 2.08 bits per heavy atom. The van der Waals surface area contributed by atoms with Crippen LogP contribution in [0.25, 0.3) is 0 Å². The second kappa shape index (κ2) is 7.79. The second-order valence-corrected chi connectivity index (χ2v) is 8.40. The molecule has 2 rings (SSSR count). The van der Waals surface area contributed by atoms with Gasteiger partial charge >= 0.3 is 0 Å². The average molecular weight is 352 g/mol. The number of nitrogens with zero attached hydrogens (tertiary/aromatic N) is 1. The number of benzene rings is 1. The van der Waals surface area contributed by atoms with E-state index in [1.54, 1.807) is 29.2 Å². The SMILES string of the molecule is CCCCN(C(=O)c1cccc(NC(C)=O)c1)C1CCS(=O)(=O)C1. The van der Waals surface area contributed by atoms with Crippen LogP contribution in [0.3, 0.4) is 0 Å². The Hall–Kier alpha value is -1.89. The van der Waals surface area contributed by atoms with Crippen LogP contribution in [0.5, 0.6) is 0 Å². The van der Waals surface area contributed by atoms with Crippen molar-refractivity contribution in [3.8, 4) is 0 Å². The van der Waals surface area contributed by atoms with Gasteiger partial charge in [-0.1, -0.05) is 19.4 Å². The highest BCUT2D eigenvalue weighted by atomic mass is 32.2. The fourth-order valence-electron chi connectivity index (χ4n) is 2.90. The summed E-state index contributed by atoms with van der Waals surface area (Å²) >= 11 is 0. The van der Waals surface area contributed by atoms with E-state index in [2.05, 4.69) is 5.32 Å². The summed E-state index contributed by atoms with van der Waals surface area (Å²) in [5.41, 5.74) is 1.02. The highest BCUT2D eigenvalue weighted by Gasteiger charge is 2.34. The van der Waals surface area contributed by atoms with Crippen molar-refractivity contribution in [3.05, 3.63) is 29.8 Å². The van der Waals surface area contributed by atoms with E-state index in [4.69, 9.17) is 0 Å². The van der Waals surface area contributed by atoms with Gasteiger partial charge in [0.15, 0.2) is 9.84 Å². The number of carbonyl (C=O) groups is 2. The first-order chi connectivity index (χ1) is 11.3. The van der Waals surface area contributed by atoms with Crippen molar-refractivity contribution < 1.29 is 18.0 Å². The quantitative estimate of drug-likeness (QED) is 0.849. The summed E-state index contributed by atoms with van der Waals surface area (Å²) in [4.78, 5) is 25.8. The second-order valence-electron chi connectivity index (χ2n) is 6.17. The van der Waals surface area contributed by atoms with Gasteiger partial charge in [0.2, 0.25) is 5.91 Å². The number of unbranched alkanes of at least 4 members (excludes halogenated alkanes) is 1. The summed E-state index contributed by atoms with van der Waals surface area (Å²) < 4.78 is 23.5. The third-order valence-electron chi connectivity index (χ3n) is 4.09. The lowest BCUT2D eigenvalue weighted by molar-refractivity contribution is -0.114. The summed E-state index contributed by atoms with van der Waals surface area (Å²) in [6, 6.07) is 6.48. The van der Waals surface area contributed by atoms with Crippen LogP contribution < -0.4 is 5.32 Å². The maximum atomic E-state index is 12.9. The molecule has 1 N–H and O–H groups in total. The molecular weight excluding hydrogens is 328 g/mol. The first-order valence-corrected chi connectivity index (χ1v) is 10.0. The lowest BCUT2D eigenvalue weighted by Gasteiger charge is -2.28. The first-order valence-electron chi connectivity index (χ1n) is 8.21. The van der Waals surface area contributed by atoms with Gasteiger partial charge in [-0.05, 0) is 31.0 Å². The molecular formula is C17H24N2O4S. The Morgan fingerprint density at radius 1 is 1.33 bits per heavy atom. The number of hydrogen-bond donors (Lipinski definition) is 1. The van der Waals surface area contributed by atoms with Gasteiger partial charge in [0.1, 0.15) is 0 Å². The topological polar surface area (TPSA) is 83.6 Å². The number of anilines is 1. The molecule has 1 atom stereocenters. The summed E-state index contributed by atoms with van der Waals surface area (Å²) in [6.07, 6.45) is 2.24. The molecule has 0 bridgehead atoms. The van der Waals surface area contributed by atoms with Crippen molar-refractivity contribution in [1.82, 2.24) is 4.90 Å². The van der Waals surface area contributed by atoms with E-state index >= 15 is 0 Å². The fourth-order valence-corrected chi connectivity index (χ4v) is 4.63. The zero-order chi connectivity index (χ0) is 17.7. The van der Waals surface area contributed by atoms with Crippen LogP contribution in [-0.4, -0.2) is 49.2 Å². The molecule has 24 heavy (non-hydrogen) atoms. The number of rotatable bonds is 6. The zero-order valence-corrected chi connectivity index (χ0v) is 14.9. The molecule has 7 heteroatoms. The van der Waals surface area contributed by atoms with Crippen LogP contribution in [0, 0.1) is 0 Å². The predicted octanol–water partition coefficient (Wildman–Crippen LogP) is 2.07. The molecule has 1 heterocycles. The Morgan fingerprint density at radius 3 is 2.67 bits per heavy atom. The van der Waals surface area contributed by atoms with Gasteiger partial charge in [-0.3, -0.25) is 9.59 Å². The van der Waals surface area contributed by atoms with E-state index in [1.807, 2.05) is 6.92 Å². The standard InChI is InChI=1S/C17H24N2O4S/c1-3-4-9-19(16-8-10-24(22,23)12-16)17(21)14-6-5-7-15(11-14)18-13(2)20/h5-7,11,16H,3-4,8-10,12H2,1-2H3,(H,18,20). The molecule has 0 aromatic heterocycles. The largest absolute Gasteiger partial charge is 0.335 e. The van der Waals surface area contributed by atoms with Crippen molar-refractivity contribution in [2.24, 2.45) is 0 Å².